The van der Waals surface area contributed by atoms with E-state index in [0.29, 0.717) is 17.9 Å². The van der Waals surface area contributed by atoms with Crippen LogP contribution in [0.2, 0.25) is 0 Å². The van der Waals surface area contributed by atoms with Crippen molar-refractivity contribution in [3.8, 4) is 6.07 Å². The van der Waals surface area contributed by atoms with Gasteiger partial charge in [-0.05, 0) is 79.8 Å². The maximum Gasteiger partial charge on any atom is 0.141 e. The Morgan fingerprint density at radius 2 is 2.19 bits per heavy atom. The molecule has 4 unspecified atom stereocenters. The molecule has 0 amide bonds. The third-order valence-electron chi connectivity index (χ3n) is 4.77. The summed E-state index contributed by atoms with van der Waals surface area (Å²) in [5.74, 6) is -1.71. The third kappa shape index (κ3) is 2.88. The van der Waals surface area contributed by atoms with Crippen LogP contribution in [0.3, 0.4) is 0 Å². The summed E-state index contributed by atoms with van der Waals surface area (Å²) in [6.45, 7) is 3.83. The predicted octanol–water partition coefficient (Wildman–Crippen LogP) is 5.18. The molecular formula is C19H22FN. The summed E-state index contributed by atoms with van der Waals surface area (Å²) in [6.07, 6.45) is 0.952. The molecule has 110 valence electrons. The normalized spacial score (nSPS) is 39.6. The number of rotatable bonds is 2. The maximum atomic E-state index is 14.1. The van der Waals surface area contributed by atoms with Crippen LogP contribution in [0.15, 0.2) is 30.9 Å². The summed E-state index contributed by atoms with van der Waals surface area (Å²) in [6, 6.07) is 5.70. The molecule has 0 aliphatic heterocycles. The lowest BCUT2D eigenvalue weighted by molar-refractivity contribution is 0.133. The summed E-state index contributed by atoms with van der Waals surface area (Å²) in [7, 11) is 0. The molecule has 1 aromatic carbocycles. The Bertz CT molecular complexity index is 725. The van der Waals surface area contributed by atoms with Crippen LogP contribution in [-0.4, -0.2) is 0 Å². The number of nitrogens with zero attached hydrogens (tertiary/aromatic N) is 1. The number of benzene rings is 1. The average molecular weight is 287 g/mol. The molecule has 2 aliphatic carbocycles. The van der Waals surface area contributed by atoms with Crippen molar-refractivity contribution in [3.05, 3.63) is 47.8 Å². The van der Waals surface area contributed by atoms with Gasteiger partial charge in [-0.25, -0.2) is 4.39 Å². The van der Waals surface area contributed by atoms with Gasteiger partial charge in [0.2, 0.25) is 0 Å². The fourth-order valence-electron chi connectivity index (χ4n) is 3.52. The number of hydrogen-bond donors (Lipinski definition) is 0. The van der Waals surface area contributed by atoms with Gasteiger partial charge in [-0.2, -0.15) is 5.26 Å². The van der Waals surface area contributed by atoms with Gasteiger partial charge >= 0.3 is 0 Å². The van der Waals surface area contributed by atoms with Gasteiger partial charge in [-0.15, -0.1) is 6.58 Å². The second-order valence-corrected chi connectivity index (χ2v) is 6.03. The molecule has 21 heavy (non-hydrogen) atoms. The van der Waals surface area contributed by atoms with Crippen LogP contribution >= 0.6 is 0 Å². The zero-order valence-corrected chi connectivity index (χ0v) is 12.0. The lowest BCUT2D eigenvalue weighted by atomic mass is 9.64. The van der Waals surface area contributed by atoms with E-state index in [4.69, 9.17) is 10.7 Å². The molecule has 2 fully saturated rings. The van der Waals surface area contributed by atoms with Crippen molar-refractivity contribution in [1.82, 2.24) is 0 Å². The topological polar surface area (TPSA) is 23.8 Å². The van der Waals surface area contributed by atoms with Crippen LogP contribution in [0.25, 0.3) is 0 Å². The summed E-state index contributed by atoms with van der Waals surface area (Å²) in [5, 5.41) is 8.88. The highest BCUT2D eigenvalue weighted by molar-refractivity contribution is 5.35. The Morgan fingerprint density at radius 3 is 2.90 bits per heavy atom. The van der Waals surface area contributed by atoms with Gasteiger partial charge in [-0.3, -0.25) is 0 Å². The smallest absolute Gasteiger partial charge is 0.141 e. The van der Waals surface area contributed by atoms with E-state index >= 15 is 0 Å². The van der Waals surface area contributed by atoms with Crippen molar-refractivity contribution in [2.75, 3.05) is 0 Å². The highest BCUT2D eigenvalue weighted by atomic mass is 19.1. The van der Waals surface area contributed by atoms with Crippen LogP contribution in [0.1, 0.15) is 61.0 Å². The first-order valence-electron chi connectivity index (χ1n) is 9.53. The second kappa shape index (κ2) is 6.02. The quantitative estimate of drug-likeness (QED) is 0.687. The van der Waals surface area contributed by atoms with E-state index in [-0.39, 0.29) is 23.8 Å². The molecule has 4 atom stereocenters. The first-order valence-corrected chi connectivity index (χ1v) is 7.53. The molecule has 0 spiro atoms. The molecule has 0 heterocycles. The summed E-state index contributed by atoms with van der Waals surface area (Å²) in [5.41, 5.74) is 0.195. The molecule has 2 heteroatoms. The van der Waals surface area contributed by atoms with Crippen molar-refractivity contribution in [2.24, 2.45) is 17.8 Å². The van der Waals surface area contributed by atoms with Gasteiger partial charge in [0, 0.05) is 5.48 Å². The maximum absolute atomic E-state index is 14.1. The molecular weight excluding hydrogens is 261 g/mol. The lowest BCUT2D eigenvalue weighted by Crippen LogP contribution is -2.30. The van der Waals surface area contributed by atoms with Crippen molar-refractivity contribution < 1.29 is 9.87 Å². The Labute approximate surface area is 132 Å². The first-order chi connectivity index (χ1) is 11.7. The molecule has 2 saturated carbocycles. The lowest BCUT2D eigenvalue weighted by Gasteiger charge is -2.41. The van der Waals surface area contributed by atoms with Gasteiger partial charge in [0.1, 0.15) is 11.9 Å². The van der Waals surface area contributed by atoms with E-state index in [1.54, 1.807) is 6.07 Å². The average Bonchev–Trinajstić information content (AvgIpc) is 2.53. The minimum Gasteiger partial charge on any atom is -0.206 e. The van der Waals surface area contributed by atoms with Crippen LogP contribution in [0.5, 0.6) is 0 Å². The Kier molecular flexibility index (Phi) is 2.91. The van der Waals surface area contributed by atoms with Gasteiger partial charge in [-0.1, -0.05) is 12.1 Å². The molecule has 1 nitrogen and oxygen atoms in total. The van der Waals surface area contributed by atoms with E-state index in [2.05, 4.69) is 6.58 Å². The Morgan fingerprint density at radius 1 is 1.33 bits per heavy atom. The fraction of sp³-hybridized carbons (Fsp3) is 0.526. The van der Waals surface area contributed by atoms with Crippen molar-refractivity contribution in [1.29, 1.82) is 5.26 Å². The van der Waals surface area contributed by atoms with Crippen LogP contribution in [0.4, 0.5) is 4.39 Å². The van der Waals surface area contributed by atoms with Crippen LogP contribution in [-0.2, 0) is 0 Å². The van der Waals surface area contributed by atoms with E-state index in [1.807, 2.05) is 6.08 Å². The highest BCUT2D eigenvalue weighted by Gasteiger charge is 2.35. The van der Waals surface area contributed by atoms with E-state index in [1.165, 1.54) is 12.1 Å². The van der Waals surface area contributed by atoms with Crippen LogP contribution in [0, 0.1) is 34.9 Å². The summed E-state index contributed by atoms with van der Waals surface area (Å²) in [4.78, 5) is 0. The van der Waals surface area contributed by atoms with Gasteiger partial charge < -0.3 is 0 Å². The third-order valence-corrected chi connectivity index (χ3v) is 4.77. The zero-order valence-electron chi connectivity index (χ0n) is 16.0. The predicted molar refractivity (Wildman–Crippen MR) is 82.2 cm³/mol. The van der Waals surface area contributed by atoms with Gasteiger partial charge in [0.25, 0.3) is 0 Å². The molecule has 3 rings (SSSR count). The van der Waals surface area contributed by atoms with E-state index < -0.39 is 24.5 Å². The second-order valence-electron chi connectivity index (χ2n) is 6.03. The zero-order chi connectivity index (χ0) is 18.4. The van der Waals surface area contributed by atoms with Crippen LogP contribution < -0.4 is 0 Å². The molecule has 0 bridgehead atoms. The highest BCUT2D eigenvalue weighted by Crippen LogP contribution is 2.47. The first kappa shape index (κ1) is 10.2. The van der Waals surface area contributed by atoms with Crippen molar-refractivity contribution in [2.45, 2.75) is 44.3 Å². The summed E-state index contributed by atoms with van der Waals surface area (Å²) >= 11 is 0. The number of allylic oxidation sites excluding steroid dienone is 1. The largest absolute Gasteiger partial charge is 0.206 e. The Hall–Kier alpha value is -1.62. The van der Waals surface area contributed by atoms with Gasteiger partial charge in [0.15, 0.2) is 0 Å². The van der Waals surface area contributed by atoms with Gasteiger partial charge in [0.05, 0.1) is 5.56 Å². The monoisotopic (exact) mass is 287 g/mol. The van der Waals surface area contributed by atoms with Crippen molar-refractivity contribution in [3.63, 3.8) is 0 Å². The standard InChI is InChI=1S/C19H22FN/c1-2-13-3-4-15-10-16(6-5-14(15)9-13)17-7-8-18(12-21)19(20)11-17/h2,7-8,11,13-16H,1,3-6,9-10H2/i6D2,10D2. The van der Waals surface area contributed by atoms with E-state index in [0.717, 1.165) is 18.9 Å². The van der Waals surface area contributed by atoms with Crippen molar-refractivity contribution >= 4 is 0 Å². The minimum absolute atomic E-state index is 0.0266. The molecule has 2 aliphatic rings. The number of fused-ring (bicyclic) bond motifs is 1. The number of hydrogen-bond acceptors (Lipinski definition) is 1. The fourth-order valence-corrected chi connectivity index (χ4v) is 3.52. The molecule has 0 saturated heterocycles. The number of nitriles is 1. The summed E-state index contributed by atoms with van der Waals surface area (Å²) < 4.78 is 48.5. The van der Waals surface area contributed by atoms with E-state index in [9.17, 15) is 4.39 Å². The Balaban J connectivity index is 2.01. The molecule has 0 radical (unpaired) electrons. The molecule has 1 aromatic rings. The number of halogens is 1. The molecule has 0 aromatic heterocycles. The minimum atomic E-state index is -1.77. The SMILES string of the molecule is [2H]C1([2H])CC2CC(C=C)CCC2C([2H])([2H])C1c1ccc(C#N)c(F)c1. The molecule has 0 N–H and O–H groups in total.